The summed E-state index contributed by atoms with van der Waals surface area (Å²) in [7, 11) is 0. The van der Waals surface area contributed by atoms with Crippen molar-refractivity contribution in [1.82, 2.24) is 13.7 Å². The van der Waals surface area contributed by atoms with E-state index in [2.05, 4.69) is 26.7 Å². The molecule has 0 saturated carbocycles. The lowest BCUT2D eigenvalue weighted by molar-refractivity contribution is 0.353. The minimum absolute atomic E-state index is 0.526. The third-order valence-electron chi connectivity index (χ3n) is 2.33. The Hall–Kier alpha value is -1.75. The molecule has 94 valence electrons. The molecule has 0 spiro atoms. The van der Waals surface area contributed by atoms with Gasteiger partial charge in [-0.3, -0.25) is 4.98 Å². The first-order valence-electron chi connectivity index (χ1n) is 5.92. The highest BCUT2D eigenvalue weighted by Gasteiger charge is 2.10. The molecule has 5 heteroatoms. The van der Waals surface area contributed by atoms with Crippen molar-refractivity contribution < 1.29 is 4.74 Å². The minimum Gasteiger partial charge on any atom is -0.471 e. The second-order valence-corrected chi connectivity index (χ2v) is 4.26. The summed E-state index contributed by atoms with van der Waals surface area (Å²) in [5.41, 5.74) is 1.69. The normalized spacial score (nSPS) is 10.9. The van der Waals surface area contributed by atoms with Crippen molar-refractivity contribution in [3.63, 3.8) is 0 Å². The molecular weight excluding hydrogens is 246 g/mol. The molecule has 0 atom stereocenters. The molecule has 0 N–H and O–H groups in total. The van der Waals surface area contributed by atoms with Crippen LogP contribution in [-0.4, -0.2) is 20.3 Å². The highest BCUT2D eigenvalue weighted by molar-refractivity contribution is 6.99. The quantitative estimate of drug-likeness (QED) is 0.748. The molecule has 0 aliphatic carbocycles. The molecule has 0 radical (unpaired) electrons. The fraction of sp³-hybridized carbons (Fsp3) is 0.308. The van der Waals surface area contributed by atoms with Gasteiger partial charge in [0.2, 0.25) is 0 Å². The van der Waals surface area contributed by atoms with Crippen LogP contribution in [0.25, 0.3) is 11.3 Å². The van der Waals surface area contributed by atoms with Crippen LogP contribution in [0.3, 0.4) is 0 Å². The fourth-order valence-electron chi connectivity index (χ4n) is 1.43. The highest BCUT2D eigenvalue weighted by atomic mass is 32.1. The number of aromatic nitrogens is 3. The second-order valence-electron chi connectivity index (χ2n) is 3.73. The Bertz CT molecular complexity index is 496. The zero-order valence-corrected chi connectivity index (χ0v) is 11.1. The molecule has 0 saturated heterocycles. The van der Waals surface area contributed by atoms with Gasteiger partial charge in [0.05, 0.1) is 11.7 Å². The van der Waals surface area contributed by atoms with E-state index < -0.39 is 0 Å². The fourth-order valence-corrected chi connectivity index (χ4v) is 1.95. The van der Waals surface area contributed by atoms with Gasteiger partial charge in [-0.05, 0) is 18.6 Å². The van der Waals surface area contributed by atoms with E-state index in [0.717, 1.165) is 35.8 Å². The number of allylic oxidation sites excluding steroid dienone is 1. The first-order valence-corrected chi connectivity index (χ1v) is 6.65. The minimum atomic E-state index is 0.526. The van der Waals surface area contributed by atoms with Crippen molar-refractivity contribution in [3.8, 4) is 17.1 Å². The maximum Gasteiger partial charge on any atom is 0.254 e. The molecule has 0 aromatic carbocycles. The number of pyridine rings is 1. The lowest BCUT2D eigenvalue weighted by Crippen LogP contribution is -1.95. The van der Waals surface area contributed by atoms with Gasteiger partial charge in [-0.1, -0.05) is 25.5 Å². The summed E-state index contributed by atoms with van der Waals surface area (Å²) in [6.45, 7) is 2.68. The first kappa shape index (κ1) is 12.7. The Morgan fingerprint density at radius 2 is 2.28 bits per heavy atom. The SMILES string of the molecule is CCCC=CCOc1nsnc1-c1cccnc1. The van der Waals surface area contributed by atoms with Crippen molar-refractivity contribution in [2.24, 2.45) is 0 Å². The molecule has 2 rings (SSSR count). The third-order valence-corrected chi connectivity index (χ3v) is 2.84. The van der Waals surface area contributed by atoms with Gasteiger partial charge in [0, 0.05) is 18.0 Å². The van der Waals surface area contributed by atoms with E-state index in [1.807, 2.05) is 18.2 Å². The Labute approximate surface area is 111 Å². The molecule has 2 aromatic rings. The van der Waals surface area contributed by atoms with Gasteiger partial charge >= 0.3 is 0 Å². The number of ether oxygens (including phenoxy) is 1. The topological polar surface area (TPSA) is 47.9 Å². The van der Waals surface area contributed by atoms with E-state index in [0.29, 0.717) is 12.5 Å². The number of unbranched alkanes of at least 4 members (excludes halogenated alkanes) is 1. The van der Waals surface area contributed by atoms with Crippen LogP contribution in [0.15, 0.2) is 36.7 Å². The molecule has 4 nitrogen and oxygen atoms in total. The summed E-state index contributed by atoms with van der Waals surface area (Å²) >= 11 is 1.15. The molecule has 2 aromatic heterocycles. The largest absolute Gasteiger partial charge is 0.471 e. The Morgan fingerprint density at radius 3 is 3.06 bits per heavy atom. The second kappa shape index (κ2) is 6.86. The van der Waals surface area contributed by atoms with Gasteiger partial charge in [0.25, 0.3) is 5.88 Å². The summed E-state index contributed by atoms with van der Waals surface area (Å²) < 4.78 is 14.0. The lowest BCUT2D eigenvalue weighted by Gasteiger charge is -2.01. The predicted octanol–water partition coefficient (Wildman–Crippen LogP) is 3.34. The Balaban J connectivity index is 2.00. The van der Waals surface area contributed by atoms with E-state index in [4.69, 9.17) is 4.74 Å². The summed E-state index contributed by atoms with van der Waals surface area (Å²) in [5.74, 6) is 0.578. The van der Waals surface area contributed by atoms with E-state index in [-0.39, 0.29) is 0 Å². The van der Waals surface area contributed by atoms with Gasteiger partial charge in [-0.2, -0.15) is 4.37 Å². The number of rotatable bonds is 6. The predicted molar refractivity (Wildman–Crippen MR) is 72.7 cm³/mol. The zero-order chi connectivity index (χ0) is 12.6. The maximum atomic E-state index is 5.60. The van der Waals surface area contributed by atoms with Crippen LogP contribution >= 0.6 is 11.7 Å². The summed E-state index contributed by atoms with van der Waals surface area (Å²) in [5, 5.41) is 0. The zero-order valence-electron chi connectivity index (χ0n) is 10.2. The summed E-state index contributed by atoms with van der Waals surface area (Å²) in [4.78, 5) is 4.07. The molecule has 0 unspecified atom stereocenters. The van der Waals surface area contributed by atoms with Crippen molar-refractivity contribution in [1.29, 1.82) is 0 Å². The van der Waals surface area contributed by atoms with Crippen molar-refractivity contribution in [2.75, 3.05) is 6.61 Å². The number of nitrogens with zero attached hydrogens (tertiary/aromatic N) is 3. The highest BCUT2D eigenvalue weighted by Crippen LogP contribution is 2.26. The molecule has 0 aliphatic heterocycles. The van der Waals surface area contributed by atoms with Crippen molar-refractivity contribution in [3.05, 3.63) is 36.7 Å². The molecule has 0 bridgehead atoms. The van der Waals surface area contributed by atoms with Gasteiger partial charge in [0.15, 0.2) is 0 Å². The third kappa shape index (κ3) is 3.37. The monoisotopic (exact) mass is 261 g/mol. The molecule has 2 heterocycles. The van der Waals surface area contributed by atoms with Gasteiger partial charge in [-0.25, -0.2) is 0 Å². The summed E-state index contributed by atoms with van der Waals surface area (Å²) in [6, 6.07) is 3.82. The Kier molecular flexibility index (Phi) is 4.84. The van der Waals surface area contributed by atoms with E-state index in [9.17, 15) is 0 Å². The standard InChI is InChI=1S/C13H15N3OS/c1-2-3-4-5-9-17-13-12(15-18-16-13)11-7-6-8-14-10-11/h4-8,10H,2-3,9H2,1H3. The average molecular weight is 261 g/mol. The van der Waals surface area contributed by atoms with Crippen LogP contribution in [-0.2, 0) is 0 Å². The Morgan fingerprint density at radius 1 is 1.33 bits per heavy atom. The molecule has 0 amide bonds. The van der Waals surface area contributed by atoms with Gasteiger partial charge in [-0.15, -0.1) is 4.37 Å². The number of hydrogen-bond donors (Lipinski definition) is 0. The van der Waals surface area contributed by atoms with E-state index in [1.54, 1.807) is 12.4 Å². The lowest BCUT2D eigenvalue weighted by atomic mass is 10.2. The van der Waals surface area contributed by atoms with Crippen LogP contribution in [0, 0.1) is 0 Å². The van der Waals surface area contributed by atoms with Crippen LogP contribution in [0.4, 0.5) is 0 Å². The summed E-state index contributed by atoms with van der Waals surface area (Å²) in [6.07, 6.45) is 9.84. The molecule has 18 heavy (non-hydrogen) atoms. The van der Waals surface area contributed by atoms with Crippen molar-refractivity contribution >= 4 is 11.7 Å². The van der Waals surface area contributed by atoms with E-state index in [1.165, 1.54) is 0 Å². The smallest absolute Gasteiger partial charge is 0.254 e. The molecule has 0 fully saturated rings. The van der Waals surface area contributed by atoms with Crippen LogP contribution in [0.2, 0.25) is 0 Å². The first-order chi connectivity index (χ1) is 8.92. The van der Waals surface area contributed by atoms with E-state index >= 15 is 0 Å². The van der Waals surface area contributed by atoms with Crippen LogP contribution in [0.1, 0.15) is 19.8 Å². The van der Waals surface area contributed by atoms with Crippen LogP contribution in [0.5, 0.6) is 5.88 Å². The number of hydrogen-bond acceptors (Lipinski definition) is 5. The average Bonchev–Trinajstić information content (AvgIpc) is 2.88. The van der Waals surface area contributed by atoms with Crippen molar-refractivity contribution in [2.45, 2.75) is 19.8 Å². The van der Waals surface area contributed by atoms with Gasteiger partial charge < -0.3 is 4.74 Å². The molecular formula is C13H15N3OS. The molecule has 0 aliphatic rings. The maximum absolute atomic E-state index is 5.60. The van der Waals surface area contributed by atoms with Gasteiger partial charge in [0.1, 0.15) is 12.3 Å². The van der Waals surface area contributed by atoms with Crippen LogP contribution < -0.4 is 4.74 Å².